The number of hydrogen-bond acceptors (Lipinski definition) is 5. The molecule has 1 amide bonds. The average Bonchev–Trinajstić information content (AvgIpc) is 3.05. The highest BCUT2D eigenvalue weighted by Crippen LogP contribution is 2.25. The Morgan fingerprint density at radius 2 is 2.16 bits per heavy atom. The third-order valence-electron chi connectivity index (χ3n) is 4.39. The fourth-order valence-corrected chi connectivity index (χ4v) is 2.99. The molecule has 2 N–H and O–H groups in total. The number of carbonyl (C=O) groups is 1. The number of aromatic nitrogens is 2. The van der Waals surface area contributed by atoms with Gasteiger partial charge in [-0.2, -0.15) is 0 Å². The van der Waals surface area contributed by atoms with Crippen LogP contribution in [-0.4, -0.2) is 47.0 Å². The fourth-order valence-electron chi connectivity index (χ4n) is 2.99. The van der Waals surface area contributed by atoms with E-state index >= 15 is 0 Å². The molecular weight excluding hydrogens is 323 g/mol. The van der Waals surface area contributed by atoms with Gasteiger partial charge in [-0.25, -0.2) is 14.4 Å². The average molecular weight is 344 g/mol. The Bertz CT molecular complexity index is 751. The first-order valence-corrected chi connectivity index (χ1v) is 8.27. The zero-order valence-electron chi connectivity index (χ0n) is 14.1. The highest BCUT2D eigenvalue weighted by molar-refractivity contribution is 5.93. The molecule has 1 saturated heterocycles. The van der Waals surface area contributed by atoms with Gasteiger partial charge in [0.1, 0.15) is 24.0 Å². The minimum Gasteiger partial charge on any atom is -0.492 e. The monoisotopic (exact) mass is 344 g/mol. The van der Waals surface area contributed by atoms with Gasteiger partial charge in [-0.05, 0) is 44.2 Å². The lowest BCUT2D eigenvalue weighted by molar-refractivity contribution is 0.0999. The van der Waals surface area contributed by atoms with Crippen LogP contribution in [-0.2, 0) is 0 Å². The molecular formula is C18H21FN4O2. The number of amides is 1. The third kappa shape index (κ3) is 4.30. The lowest BCUT2D eigenvalue weighted by atomic mass is 10.1. The van der Waals surface area contributed by atoms with E-state index in [1.807, 2.05) is 0 Å². The number of hydrogen-bond donors (Lipinski definition) is 1. The van der Waals surface area contributed by atoms with Crippen LogP contribution in [0.1, 0.15) is 34.2 Å². The van der Waals surface area contributed by atoms with Gasteiger partial charge in [0.05, 0.1) is 11.3 Å². The second-order valence-electron chi connectivity index (χ2n) is 6.18. The van der Waals surface area contributed by atoms with E-state index in [-0.39, 0.29) is 11.7 Å². The fraction of sp³-hybridized carbons (Fsp3) is 0.389. The van der Waals surface area contributed by atoms with Crippen LogP contribution < -0.4 is 10.5 Å². The number of benzene rings is 1. The van der Waals surface area contributed by atoms with E-state index in [1.165, 1.54) is 18.3 Å². The molecule has 7 heteroatoms. The molecule has 6 nitrogen and oxygen atoms in total. The van der Waals surface area contributed by atoms with Crippen LogP contribution in [0.4, 0.5) is 4.39 Å². The Hall–Kier alpha value is -2.54. The van der Waals surface area contributed by atoms with Gasteiger partial charge in [0.2, 0.25) is 0 Å². The standard InChI is InChI=1S/C18H21FN4O2/c1-12-16(17(20)24)10-21-18(22-12)13-6-7-23(11-13)8-9-25-15-4-2-14(19)3-5-15/h2-5,10,13H,6-9,11H2,1H3,(H2,20,24). The maximum Gasteiger partial charge on any atom is 0.252 e. The van der Waals surface area contributed by atoms with Crippen molar-refractivity contribution in [3.05, 3.63) is 53.4 Å². The van der Waals surface area contributed by atoms with E-state index in [9.17, 15) is 9.18 Å². The van der Waals surface area contributed by atoms with Crippen molar-refractivity contribution in [3.8, 4) is 5.75 Å². The summed E-state index contributed by atoms with van der Waals surface area (Å²) in [5, 5.41) is 0. The summed E-state index contributed by atoms with van der Waals surface area (Å²) in [5.41, 5.74) is 6.28. The predicted molar refractivity (Wildman–Crippen MR) is 91.0 cm³/mol. The first kappa shape index (κ1) is 17.3. The van der Waals surface area contributed by atoms with Crippen LogP contribution in [0.2, 0.25) is 0 Å². The summed E-state index contributed by atoms with van der Waals surface area (Å²) in [7, 11) is 0. The van der Waals surface area contributed by atoms with Gasteiger partial charge in [0, 0.05) is 25.2 Å². The van der Waals surface area contributed by atoms with E-state index in [2.05, 4.69) is 14.9 Å². The predicted octanol–water partition coefficient (Wildman–Crippen LogP) is 1.89. The minimum absolute atomic E-state index is 0.242. The molecule has 0 saturated carbocycles. The second-order valence-corrected chi connectivity index (χ2v) is 6.18. The molecule has 2 aromatic rings. The highest BCUT2D eigenvalue weighted by Gasteiger charge is 2.26. The summed E-state index contributed by atoms with van der Waals surface area (Å²) in [6, 6.07) is 6.02. The van der Waals surface area contributed by atoms with Crippen LogP contribution in [0, 0.1) is 12.7 Å². The second kappa shape index (κ2) is 7.57. The summed E-state index contributed by atoms with van der Waals surface area (Å²) in [6.07, 6.45) is 2.48. The van der Waals surface area contributed by atoms with Gasteiger partial charge in [-0.3, -0.25) is 9.69 Å². The first-order valence-electron chi connectivity index (χ1n) is 8.27. The highest BCUT2D eigenvalue weighted by atomic mass is 19.1. The molecule has 3 rings (SSSR count). The Morgan fingerprint density at radius 1 is 1.40 bits per heavy atom. The number of likely N-dealkylation sites (tertiary alicyclic amines) is 1. The molecule has 1 fully saturated rings. The summed E-state index contributed by atoms with van der Waals surface area (Å²) < 4.78 is 18.5. The lowest BCUT2D eigenvalue weighted by Crippen LogP contribution is -2.26. The number of nitrogens with zero attached hydrogens (tertiary/aromatic N) is 3. The van der Waals surface area contributed by atoms with Gasteiger partial charge >= 0.3 is 0 Å². The summed E-state index contributed by atoms with van der Waals surface area (Å²) in [5.74, 6) is 0.886. The quantitative estimate of drug-likeness (QED) is 0.865. The van der Waals surface area contributed by atoms with Gasteiger partial charge in [0.25, 0.3) is 5.91 Å². The molecule has 1 aromatic carbocycles. The SMILES string of the molecule is Cc1nc(C2CCN(CCOc3ccc(F)cc3)C2)ncc1C(N)=O. The van der Waals surface area contributed by atoms with Gasteiger partial charge in [-0.15, -0.1) is 0 Å². The van der Waals surface area contributed by atoms with Crippen molar-refractivity contribution in [3.63, 3.8) is 0 Å². The van der Waals surface area contributed by atoms with E-state index in [4.69, 9.17) is 10.5 Å². The molecule has 0 spiro atoms. The third-order valence-corrected chi connectivity index (χ3v) is 4.39. The summed E-state index contributed by atoms with van der Waals surface area (Å²) in [6.45, 7) is 4.89. The first-order chi connectivity index (χ1) is 12.0. The molecule has 0 aliphatic carbocycles. The number of halogens is 1. The van der Waals surface area contributed by atoms with Crippen molar-refractivity contribution in [2.75, 3.05) is 26.2 Å². The van der Waals surface area contributed by atoms with Gasteiger partial charge < -0.3 is 10.5 Å². The molecule has 1 unspecified atom stereocenters. The van der Waals surface area contributed by atoms with Crippen LogP contribution in [0.5, 0.6) is 5.75 Å². The normalized spacial score (nSPS) is 17.6. The maximum absolute atomic E-state index is 12.9. The topological polar surface area (TPSA) is 81.3 Å². The van der Waals surface area contributed by atoms with Crippen LogP contribution in [0.15, 0.2) is 30.5 Å². The smallest absolute Gasteiger partial charge is 0.252 e. The Morgan fingerprint density at radius 3 is 2.84 bits per heavy atom. The Kier molecular flexibility index (Phi) is 5.23. The summed E-state index contributed by atoms with van der Waals surface area (Å²) >= 11 is 0. The van der Waals surface area contributed by atoms with E-state index in [1.54, 1.807) is 19.1 Å². The molecule has 1 atom stereocenters. The maximum atomic E-state index is 12.9. The molecule has 2 heterocycles. The lowest BCUT2D eigenvalue weighted by Gasteiger charge is -2.16. The number of carbonyl (C=O) groups excluding carboxylic acids is 1. The van der Waals surface area contributed by atoms with Crippen molar-refractivity contribution < 1.29 is 13.9 Å². The Balaban J connectivity index is 1.50. The molecule has 1 aromatic heterocycles. The van der Waals surface area contributed by atoms with Crippen molar-refractivity contribution in [2.24, 2.45) is 5.73 Å². The molecule has 132 valence electrons. The Labute approximate surface area is 145 Å². The largest absolute Gasteiger partial charge is 0.492 e. The molecule has 1 aliphatic heterocycles. The van der Waals surface area contributed by atoms with E-state index in [0.29, 0.717) is 23.6 Å². The zero-order valence-corrected chi connectivity index (χ0v) is 14.1. The number of nitrogens with two attached hydrogens (primary N) is 1. The van der Waals surface area contributed by atoms with Crippen LogP contribution in [0.3, 0.4) is 0 Å². The van der Waals surface area contributed by atoms with Crippen molar-refractivity contribution in [1.82, 2.24) is 14.9 Å². The number of rotatable bonds is 6. The van der Waals surface area contributed by atoms with Crippen LogP contribution >= 0.6 is 0 Å². The van der Waals surface area contributed by atoms with Crippen molar-refractivity contribution >= 4 is 5.91 Å². The van der Waals surface area contributed by atoms with Crippen LogP contribution in [0.25, 0.3) is 0 Å². The molecule has 25 heavy (non-hydrogen) atoms. The molecule has 1 aliphatic rings. The van der Waals surface area contributed by atoms with Gasteiger partial charge in [0.15, 0.2) is 0 Å². The number of primary amides is 1. The zero-order chi connectivity index (χ0) is 17.8. The minimum atomic E-state index is -0.505. The molecule has 0 radical (unpaired) electrons. The van der Waals surface area contributed by atoms with E-state index in [0.717, 1.165) is 31.9 Å². The molecule has 0 bridgehead atoms. The number of ether oxygens (including phenoxy) is 1. The van der Waals surface area contributed by atoms with Crippen molar-refractivity contribution in [1.29, 1.82) is 0 Å². The number of aryl methyl sites for hydroxylation is 1. The van der Waals surface area contributed by atoms with Crippen molar-refractivity contribution in [2.45, 2.75) is 19.3 Å². The summed E-state index contributed by atoms with van der Waals surface area (Å²) in [4.78, 5) is 22.3. The van der Waals surface area contributed by atoms with Gasteiger partial charge in [-0.1, -0.05) is 0 Å². The van der Waals surface area contributed by atoms with E-state index < -0.39 is 5.91 Å².